The molecule has 8 nitrogen and oxygen atoms in total. The summed E-state index contributed by atoms with van der Waals surface area (Å²) in [6, 6.07) is 7.62. The minimum absolute atomic E-state index is 0.341. The van der Waals surface area contributed by atoms with E-state index in [2.05, 4.69) is 5.32 Å². The Bertz CT molecular complexity index is 1090. The summed E-state index contributed by atoms with van der Waals surface area (Å²) in [4.78, 5) is 40.0. The van der Waals surface area contributed by atoms with Gasteiger partial charge in [-0.3, -0.25) is 13.9 Å². The molecule has 0 fully saturated rings. The first-order valence-electron chi connectivity index (χ1n) is 8.82. The maximum absolute atomic E-state index is 13.0. The van der Waals surface area contributed by atoms with Crippen LogP contribution in [0.5, 0.6) is 0 Å². The van der Waals surface area contributed by atoms with E-state index >= 15 is 0 Å². The van der Waals surface area contributed by atoms with Gasteiger partial charge in [-0.25, -0.2) is 9.59 Å². The number of anilines is 2. The van der Waals surface area contributed by atoms with E-state index in [9.17, 15) is 14.4 Å². The average molecular weight is 384 g/mol. The standard InChI is InChI=1S/C20H24N4O4/c1-11-14(19(26)28-6)15(12-7-9-13(10-8-12)22(2)3)16-17(21-11)23(4)20(27)24(5)18(16)25/h7-10,15,21H,1-6H3/t15-/m0/s1. The van der Waals surface area contributed by atoms with Gasteiger partial charge in [0.25, 0.3) is 5.56 Å². The monoisotopic (exact) mass is 384 g/mol. The Morgan fingerprint density at radius 2 is 1.71 bits per heavy atom. The van der Waals surface area contributed by atoms with Gasteiger partial charge in [-0.15, -0.1) is 0 Å². The number of hydrogen-bond donors (Lipinski definition) is 1. The van der Waals surface area contributed by atoms with Crippen molar-refractivity contribution in [3.05, 3.63) is 67.5 Å². The van der Waals surface area contributed by atoms with E-state index in [0.29, 0.717) is 22.7 Å². The fourth-order valence-corrected chi connectivity index (χ4v) is 3.57. The van der Waals surface area contributed by atoms with Crippen molar-refractivity contribution in [3.63, 3.8) is 0 Å². The van der Waals surface area contributed by atoms with E-state index in [0.717, 1.165) is 15.8 Å². The van der Waals surface area contributed by atoms with Crippen LogP contribution in [0.4, 0.5) is 11.5 Å². The molecule has 2 aromatic rings. The number of carbonyl (C=O) groups excluding carboxylic acids is 1. The van der Waals surface area contributed by atoms with Crippen LogP contribution in [-0.2, 0) is 23.6 Å². The molecule has 0 bridgehead atoms. The Morgan fingerprint density at radius 1 is 1.11 bits per heavy atom. The summed E-state index contributed by atoms with van der Waals surface area (Å²) in [5, 5.41) is 3.05. The third-order valence-corrected chi connectivity index (χ3v) is 5.13. The highest BCUT2D eigenvalue weighted by molar-refractivity contribution is 5.94. The molecule has 0 radical (unpaired) electrons. The lowest BCUT2D eigenvalue weighted by molar-refractivity contribution is -0.136. The number of nitrogens with one attached hydrogen (secondary N) is 1. The lowest BCUT2D eigenvalue weighted by atomic mass is 9.82. The molecule has 3 rings (SSSR count). The van der Waals surface area contributed by atoms with Crippen molar-refractivity contribution in [3.8, 4) is 0 Å². The maximum atomic E-state index is 13.0. The van der Waals surface area contributed by atoms with E-state index in [-0.39, 0.29) is 0 Å². The number of hydrogen-bond acceptors (Lipinski definition) is 6. The first-order chi connectivity index (χ1) is 13.2. The van der Waals surface area contributed by atoms with E-state index in [1.165, 1.54) is 18.7 Å². The molecule has 1 aliphatic heterocycles. The first-order valence-corrected chi connectivity index (χ1v) is 8.82. The molecule has 1 aromatic carbocycles. The van der Waals surface area contributed by atoms with Crippen LogP contribution in [0.15, 0.2) is 45.1 Å². The summed E-state index contributed by atoms with van der Waals surface area (Å²) < 4.78 is 7.43. The van der Waals surface area contributed by atoms with Crippen LogP contribution in [0.2, 0.25) is 0 Å². The van der Waals surface area contributed by atoms with Crippen molar-refractivity contribution in [2.24, 2.45) is 14.1 Å². The van der Waals surface area contributed by atoms with Crippen LogP contribution in [-0.4, -0.2) is 36.3 Å². The molecule has 0 amide bonds. The van der Waals surface area contributed by atoms with Crippen molar-refractivity contribution in [2.45, 2.75) is 12.8 Å². The molecule has 1 atom stereocenters. The van der Waals surface area contributed by atoms with Gasteiger partial charge in [0.15, 0.2) is 0 Å². The second kappa shape index (κ2) is 7.03. The van der Waals surface area contributed by atoms with E-state index in [1.807, 2.05) is 43.3 Å². The second-order valence-corrected chi connectivity index (χ2v) is 7.04. The predicted octanol–water partition coefficient (Wildman–Crippen LogP) is 1.15. The first kappa shape index (κ1) is 19.5. The Kier molecular flexibility index (Phi) is 4.89. The molecule has 0 spiro atoms. The molecule has 1 N–H and O–H groups in total. The number of aromatic nitrogens is 2. The molecule has 28 heavy (non-hydrogen) atoms. The van der Waals surface area contributed by atoms with Crippen molar-refractivity contribution < 1.29 is 9.53 Å². The van der Waals surface area contributed by atoms with Crippen molar-refractivity contribution in [1.29, 1.82) is 0 Å². The molecule has 1 aromatic heterocycles. The Morgan fingerprint density at radius 3 is 2.25 bits per heavy atom. The number of esters is 1. The maximum Gasteiger partial charge on any atom is 0.336 e. The molecule has 0 aliphatic carbocycles. The molecule has 0 saturated carbocycles. The van der Waals surface area contributed by atoms with Gasteiger partial charge in [-0.1, -0.05) is 12.1 Å². The van der Waals surface area contributed by atoms with Crippen LogP contribution in [0, 0.1) is 0 Å². The Hall–Kier alpha value is -3.29. The molecule has 1 aliphatic rings. The predicted molar refractivity (Wildman–Crippen MR) is 108 cm³/mol. The Balaban J connectivity index is 2.35. The highest BCUT2D eigenvalue weighted by Crippen LogP contribution is 2.40. The summed E-state index contributed by atoms with van der Waals surface area (Å²) >= 11 is 0. The fraction of sp³-hybridized carbons (Fsp3) is 0.350. The number of fused-ring (bicyclic) bond motifs is 1. The highest BCUT2D eigenvalue weighted by Gasteiger charge is 2.37. The third kappa shape index (κ3) is 2.90. The molecular weight excluding hydrogens is 360 g/mol. The second-order valence-electron chi connectivity index (χ2n) is 7.04. The molecule has 148 valence electrons. The van der Waals surface area contributed by atoms with Crippen molar-refractivity contribution in [2.75, 3.05) is 31.4 Å². The van der Waals surface area contributed by atoms with Crippen LogP contribution < -0.4 is 21.5 Å². The minimum atomic E-state index is -0.648. The fourth-order valence-electron chi connectivity index (χ4n) is 3.57. The smallest absolute Gasteiger partial charge is 0.336 e. The zero-order chi connectivity index (χ0) is 20.7. The molecule has 8 heteroatoms. The number of rotatable bonds is 3. The van der Waals surface area contributed by atoms with Crippen molar-refractivity contribution in [1.82, 2.24) is 9.13 Å². The molecule has 2 heterocycles. The summed E-state index contributed by atoms with van der Waals surface area (Å²) in [5.74, 6) is -0.779. The molecule has 0 saturated heterocycles. The lowest BCUT2D eigenvalue weighted by Crippen LogP contribution is -2.43. The van der Waals surface area contributed by atoms with Gasteiger partial charge in [0.2, 0.25) is 0 Å². The zero-order valence-electron chi connectivity index (χ0n) is 16.9. The van der Waals surface area contributed by atoms with Crippen LogP contribution >= 0.6 is 0 Å². The van der Waals surface area contributed by atoms with E-state index < -0.39 is 23.1 Å². The van der Waals surface area contributed by atoms with Gasteiger partial charge < -0.3 is 15.0 Å². The topological polar surface area (TPSA) is 85.6 Å². The van der Waals surface area contributed by atoms with E-state index in [4.69, 9.17) is 4.74 Å². The number of benzene rings is 1. The third-order valence-electron chi connectivity index (χ3n) is 5.13. The summed E-state index contributed by atoms with van der Waals surface area (Å²) in [5.41, 5.74) is 2.12. The van der Waals surface area contributed by atoms with Crippen LogP contribution in [0.25, 0.3) is 0 Å². The Labute approximate surface area is 162 Å². The van der Waals surface area contributed by atoms with Crippen LogP contribution in [0.1, 0.15) is 24.0 Å². The van der Waals surface area contributed by atoms with Gasteiger partial charge in [-0.05, 0) is 24.6 Å². The normalized spacial score (nSPS) is 15.7. The summed E-state index contributed by atoms with van der Waals surface area (Å²) in [6.45, 7) is 1.73. The number of methoxy groups -OCH3 is 1. The van der Waals surface area contributed by atoms with Gasteiger partial charge in [0.1, 0.15) is 5.82 Å². The number of carbonyl (C=O) groups is 1. The van der Waals surface area contributed by atoms with Gasteiger partial charge in [-0.2, -0.15) is 0 Å². The van der Waals surface area contributed by atoms with Crippen molar-refractivity contribution >= 4 is 17.5 Å². The van der Waals surface area contributed by atoms with Gasteiger partial charge in [0.05, 0.1) is 24.2 Å². The largest absolute Gasteiger partial charge is 0.466 e. The quantitative estimate of drug-likeness (QED) is 0.800. The van der Waals surface area contributed by atoms with Crippen LogP contribution in [0.3, 0.4) is 0 Å². The van der Waals surface area contributed by atoms with Gasteiger partial charge >= 0.3 is 11.7 Å². The average Bonchev–Trinajstić information content (AvgIpc) is 2.69. The van der Waals surface area contributed by atoms with E-state index in [1.54, 1.807) is 14.0 Å². The summed E-state index contributed by atoms with van der Waals surface area (Å²) in [6.07, 6.45) is 0. The SMILES string of the molecule is COC(=O)C1=C(C)Nc2c(c(=O)n(C)c(=O)n2C)[C@H]1c1ccc(N(C)C)cc1. The highest BCUT2D eigenvalue weighted by atomic mass is 16.5. The number of ether oxygens (including phenoxy) is 1. The number of nitrogens with zero attached hydrogens (tertiary/aromatic N) is 3. The lowest BCUT2D eigenvalue weighted by Gasteiger charge is -2.30. The number of allylic oxidation sites excluding steroid dienone is 1. The summed E-state index contributed by atoms with van der Waals surface area (Å²) in [7, 11) is 8.20. The van der Waals surface area contributed by atoms with Gasteiger partial charge in [0, 0.05) is 39.6 Å². The molecular formula is C20H24N4O4. The molecule has 0 unspecified atom stereocenters. The zero-order valence-corrected chi connectivity index (χ0v) is 16.9. The minimum Gasteiger partial charge on any atom is -0.466 e.